The summed E-state index contributed by atoms with van der Waals surface area (Å²) in [5, 5.41) is 6.45. The molecule has 2 aromatic rings. The molecule has 216 valence electrons. The minimum atomic E-state index is -2.07. The van der Waals surface area contributed by atoms with Crippen LogP contribution in [-0.4, -0.2) is 53.7 Å². The van der Waals surface area contributed by atoms with Gasteiger partial charge in [-0.2, -0.15) is 0 Å². The van der Waals surface area contributed by atoms with Crippen molar-refractivity contribution in [1.82, 2.24) is 10.6 Å². The highest BCUT2D eigenvalue weighted by atomic mass is 28.4. The molecule has 0 heterocycles. The summed E-state index contributed by atoms with van der Waals surface area (Å²) in [5.41, 5.74) is 1.19. The van der Waals surface area contributed by atoms with Crippen LogP contribution in [0.4, 0.5) is 0 Å². The molecule has 0 aliphatic heterocycles. The predicted octanol–water partition coefficient (Wildman–Crippen LogP) is 7.02. The number of carbonyl (C=O) groups excluding carboxylic acids is 2. The topological polar surface area (TPSA) is 76.7 Å². The second-order valence-electron chi connectivity index (χ2n) is 13.5. The van der Waals surface area contributed by atoms with Crippen molar-refractivity contribution in [2.24, 2.45) is 0 Å². The van der Waals surface area contributed by atoms with Gasteiger partial charge in [-0.15, -0.1) is 0 Å². The van der Waals surface area contributed by atoms with E-state index < -0.39 is 16.6 Å². The summed E-state index contributed by atoms with van der Waals surface area (Å²) in [7, 11) is -4.14. The molecular weight excluding hydrogens is 521 g/mol. The number of rotatable bonds is 12. The molecule has 0 saturated heterocycles. The summed E-state index contributed by atoms with van der Waals surface area (Å²) in [6.45, 7) is 22.8. The Kier molecular flexibility index (Phi) is 11.3. The molecule has 2 amide bonds. The fraction of sp³-hybridized carbons (Fsp3) is 0.548. The Hall–Kier alpha value is -2.27. The highest BCUT2D eigenvalue weighted by Crippen LogP contribution is 2.37. The smallest absolute Gasteiger partial charge is 0.251 e. The molecule has 6 nitrogen and oxygen atoms in total. The fourth-order valence-corrected chi connectivity index (χ4v) is 5.55. The lowest BCUT2D eigenvalue weighted by Crippen LogP contribution is -2.51. The van der Waals surface area contributed by atoms with E-state index in [9.17, 15) is 9.59 Å². The van der Waals surface area contributed by atoms with Crippen molar-refractivity contribution in [1.29, 1.82) is 0 Å². The first-order valence-electron chi connectivity index (χ1n) is 13.9. The predicted molar refractivity (Wildman–Crippen MR) is 166 cm³/mol. The lowest BCUT2D eigenvalue weighted by molar-refractivity contribution is 0.0880. The standard InChI is InChI=1S/C31H50N2O4Si2/c1-30(2,3)38(7,8)36-22-26(32-28(34)24-17-13-11-14-18-24)21-27(23-37-39(9,10)31(4,5)6)33-29(35)25-19-15-12-16-20-25/h11-20,26-27H,21-23H2,1-10H3,(H,32,34)(H,33,35)/t26-,27-/m1/s1. The Labute approximate surface area is 238 Å². The molecular formula is C31H50N2O4Si2. The number of carbonyl (C=O) groups is 2. The average Bonchev–Trinajstić information content (AvgIpc) is 2.85. The van der Waals surface area contributed by atoms with E-state index in [1.807, 2.05) is 36.4 Å². The van der Waals surface area contributed by atoms with Gasteiger partial charge in [0, 0.05) is 11.1 Å². The third kappa shape index (κ3) is 10.0. The van der Waals surface area contributed by atoms with E-state index in [0.717, 1.165) is 0 Å². The first-order valence-corrected chi connectivity index (χ1v) is 19.7. The van der Waals surface area contributed by atoms with Gasteiger partial charge in [0.1, 0.15) is 0 Å². The van der Waals surface area contributed by atoms with Crippen LogP contribution in [0.15, 0.2) is 60.7 Å². The molecule has 2 aromatic carbocycles. The van der Waals surface area contributed by atoms with Crippen LogP contribution >= 0.6 is 0 Å². The minimum Gasteiger partial charge on any atom is -0.415 e. The maximum Gasteiger partial charge on any atom is 0.251 e. The Balaban J connectivity index is 2.31. The van der Waals surface area contributed by atoms with Crippen molar-refractivity contribution >= 4 is 28.4 Å². The number of nitrogens with one attached hydrogen (secondary N) is 2. The van der Waals surface area contributed by atoms with E-state index in [2.05, 4.69) is 78.4 Å². The largest absolute Gasteiger partial charge is 0.415 e. The monoisotopic (exact) mass is 570 g/mol. The summed E-state index contributed by atoms with van der Waals surface area (Å²) in [6.07, 6.45) is 0.487. The van der Waals surface area contributed by atoms with Gasteiger partial charge in [-0.3, -0.25) is 9.59 Å². The SMILES string of the molecule is CC(C)(C)[Si](C)(C)OC[C@@H](C[C@H](CO[Si](C)(C)C(C)(C)C)NC(=O)c1ccccc1)NC(=O)c1ccccc1. The Morgan fingerprint density at radius 2 is 0.949 bits per heavy atom. The first-order chi connectivity index (χ1) is 17.9. The number of amides is 2. The van der Waals surface area contributed by atoms with Crippen LogP contribution in [0.1, 0.15) is 68.7 Å². The maximum atomic E-state index is 13.2. The molecule has 2 rings (SSSR count). The zero-order valence-corrected chi connectivity index (χ0v) is 27.7. The lowest BCUT2D eigenvalue weighted by Gasteiger charge is -2.39. The summed E-state index contributed by atoms with van der Waals surface area (Å²) in [5.74, 6) is -0.309. The third-order valence-electron chi connectivity index (χ3n) is 8.21. The van der Waals surface area contributed by atoms with Crippen LogP contribution in [0.3, 0.4) is 0 Å². The Morgan fingerprint density at radius 1 is 0.641 bits per heavy atom. The van der Waals surface area contributed by atoms with Crippen LogP contribution in [0.2, 0.25) is 36.3 Å². The number of hydrogen-bond acceptors (Lipinski definition) is 4. The van der Waals surface area contributed by atoms with Gasteiger partial charge in [0.15, 0.2) is 16.6 Å². The molecule has 39 heavy (non-hydrogen) atoms. The Bertz CT molecular complexity index is 976. The van der Waals surface area contributed by atoms with Gasteiger partial charge in [-0.25, -0.2) is 0 Å². The van der Waals surface area contributed by atoms with Gasteiger partial charge in [0.25, 0.3) is 11.8 Å². The van der Waals surface area contributed by atoms with Crippen molar-refractivity contribution in [2.75, 3.05) is 13.2 Å². The molecule has 0 aliphatic carbocycles. The van der Waals surface area contributed by atoms with Crippen LogP contribution in [0.5, 0.6) is 0 Å². The van der Waals surface area contributed by atoms with Crippen LogP contribution in [0, 0.1) is 0 Å². The molecule has 0 fully saturated rings. The van der Waals surface area contributed by atoms with Crippen molar-refractivity contribution < 1.29 is 18.4 Å². The summed E-state index contributed by atoms with van der Waals surface area (Å²) >= 11 is 0. The minimum absolute atomic E-state index is 0.0351. The first kappa shape index (κ1) is 32.9. The van der Waals surface area contributed by atoms with Gasteiger partial charge in [0.05, 0.1) is 25.3 Å². The van der Waals surface area contributed by atoms with Crippen LogP contribution < -0.4 is 10.6 Å². The highest BCUT2D eigenvalue weighted by molar-refractivity contribution is 6.74. The quantitative estimate of drug-likeness (QED) is 0.269. The Morgan fingerprint density at radius 3 is 1.23 bits per heavy atom. The molecule has 0 unspecified atom stereocenters. The third-order valence-corrected chi connectivity index (χ3v) is 17.2. The molecule has 8 heteroatoms. The molecule has 2 atom stereocenters. The molecule has 0 radical (unpaired) electrons. The zero-order chi connectivity index (χ0) is 29.5. The molecule has 2 N–H and O–H groups in total. The molecule has 0 spiro atoms. The van der Waals surface area contributed by atoms with Crippen molar-refractivity contribution in [3.63, 3.8) is 0 Å². The van der Waals surface area contributed by atoms with Crippen molar-refractivity contribution in [3.8, 4) is 0 Å². The van der Waals surface area contributed by atoms with E-state index >= 15 is 0 Å². The van der Waals surface area contributed by atoms with E-state index in [0.29, 0.717) is 30.8 Å². The molecule has 0 bridgehead atoms. The number of benzene rings is 2. The fourth-order valence-electron chi connectivity index (χ4n) is 3.45. The van der Waals surface area contributed by atoms with Gasteiger partial charge in [-0.1, -0.05) is 77.9 Å². The highest BCUT2D eigenvalue weighted by Gasteiger charge is 2.39. The average molecular weight is 571 g/mol. The van der Waals surface area contributed by atoms with Gasteiger partial charge >= 0.3 is 0 Å². The summed E-state index contributed by atoms with van der Waals surface area (Å²) in [6, 6.07) is 17.8. The molecule has 0 aliphatic rings. The summed E-state index contributed by atoms with van der Waals surface area (Å²) in [4.78, 5) is 26.4. The molecule has 0 aromatic heterocycles. The van der Waals surface area contributed by atoms with E-state index in [1.54, 1.807) is 24.3 Å². The molecule has 0 saturated carbocycles. The van der Waals surface area contributed by atoms with E-state index in [-0.39, 0.29) is 34.0 Å². The van der Waals surface area contributed by atoms with Gasteiger partial charge in [-0.05, 0) is 67.0 Å². The maximum absolute atomic E-state index is 13.2. The second-order valence-corrected chi connectivity index (χ2v) is 23.1. The van der Waals surface area contributed by atoms with Gasteiger partial charge < -0.3 is 19.5 Å². The van der Waals surface area contributed by atoms with Crippen molar-refractivity contribution in [3.05, 3.63) is 71.8 Å². The van der Waals surface area contributed by atoms with E-state index in [1.165, 1.54) is 0 Å². The second kappa shape index (κ2) is 13.4. The zero-order valence-electron chi connectivity index (χ0n) is 25.7. The number of hydrogen-bond donors (Lipinski definition) is 2. The van der Waals surface area contributed by atoms with Crippen LogP contribution in [-0.2, 0) is 8.85 Å². The lowest BCUT2D eigenvalue weighted by atomic mass is 10.1. The van der Waals surface area contributed by atoms with Crippen molar-refractivity contribution in [2.45, 2.75) is 96.3 Å². The summed E-state index contributed by atoms with van der Waals surface area (Å²) < 4.78 is 13.1. The van der Waals surface area contributed by atoms with Gasteiger partial charge in [0.2, 0.25) is 0 Å². The van der Waals surface area contributed by atoms with E-state index in [4.69, 9.17) is 8.85 Å². The van der Waals surface area contributed by atoms with Crippen LogP contribution in [0.25, 0.3) is 0 Å². The normalized spacial score (nSPS) is 14.4.